The first-order valence-corrected chi connectivity index (χ1v) is 9.25. The largest absolute Gasteiger partial charge is 0.469 e. The van der Waals surface area contributed by atoms with Gasteiger partial charge in [0.05, 0.1) is 30.2 Å². The molecular formula is C18H22Cl2N2O4. The van der Waals surface area contributed by atoms with E-state index in [1.807, 2.05) is 0 Å². The molecule has 0 spiro atoms. The predicted octanol–water partition coefficient (Wildman–Crippen LogP) is 2.82. The van der Waals surface area contributed by atoms with Crippen molar-refractivity contribution in [3.05, 3.63) is 33.8 Å². The van der Waals surface area contributed by atoms with E-state index in [0.717, 1.165) is 25.7 Å². The normalized spacial score (nSPS) is 19.5. The number of hydrogen-bond donors (Lipinski definition) is 2. The Morgan fingerprint density at radius 2 is 1.88 bits per heavy atom. The van der Waals surface area contributed by atoms with Gasteiger partial charge in [-0.05, 0) is 37.0 Å². The van der Waals surface area contributed by atoms with Crippen LogP contribution in [0.2, 0.25) is 10.0 Å². The number of methoxy groups -OCH3 is 1. The molecule has 0 heterocycles. The molecule has 1 aromatic rings. The van der Waals surface area contributed by atoms with Crippen molar-refractivity contribution < 1.29 is 19.1 Å². The van der Waals surface area contributed by atoms with Gasteiger partial charge in [0.2, 0.25) is 5.91 Å². The van der Waals surface area contributed by atoms with Crippen molar-refractivity contribution in [1.82, 2.24) is 10.6 Å². The molecule has 1 aromatic carbocycles. The molecule has 1 saturated carbocycles. The number of ether oxygens (including phenoxy) is 1. The third-order valence-electron chi connectivity index (χ3n) is 4.56. The molecule has 2 amide bonds. The maximum atomic E-state index is 12.1. The van der Waals surface area contributed by atoms with Gasteiger partial charge in [0.1, 0.15) is 0 Å². The van der Waals surface area contributed by atoms with E-state index in [9.17, 15) is 14.4 Å². The SMILES string of the molecule is COC(=O)C1CCCCC1CNC(=O)CNC(=O)c1ccc(Cl)cc1Cl. The van der Waals surface area contributed by atoms with Gasteiger partial charge in [0.25, 0.3) is 5.91 Å². The van der Waals surface area contributed by atoms with Crippen LogP contribution in [0.1, 0.15) is 36.0 Å². The first-order valence-electron chi connectivity index (χ1n) is 8.50. The molecule has 1 aliphatic rings. The highest BCUT2D eigenvalue weighted by Crippen LogP contribution is 2.30. The van der Waals surface area contributed by atoms with E-state index in [1.54, 1.807) is 6.07 Å². The van der Waals surface area contributed by atoms with Gasteiger partial charge < -0.3 is 15.4 Å². The lowest BCUT2D eigenvalue weighted by atomic mass is 9.79. The number of halogens is 2. The molecule has 0 aromatic heterocycles. The fourth-order valence-electron chi connectivity index (χ4n) is 3.15. The fourth-order valence-corrected chi connectivity index (χ4v) is 3.64. The summed E-state index contributed by atoms with van der Waals surface area (Å²) in [6, 6.07) is 4.52. The monoisotopic (exact) mass is 400 g/mol. The van der Waals surface area contributed by atoms with E-state index >= 15 is 0 Å². The zero-order chi connectivity index (χ0) is 19.1. The van der Waals surface area contributed by atoms with Crippen LogP contribution in [0.3, 0.4) is 0 Å². The average Bonchev–Trinajstić information content (AvgIpc) is 2.64. The Morgan fingerprint density at radius 1 is 1.15 bits per heavy atom. The van der Waals surface area contributed by atoms with Crippen LogP contribution in [0, 0.1) is 11.8 Å². The molecule has 0 radical (unpaired) electrons. The molecule has 6 nitrogen and oxygen atoms in total. The summed E-state index contributed by atoms with van der Waals surface area (Å²) in [5.41, 5.74) is 0.252. The van der Waals surface area contributed by atoms with Crippen LogP contribution in [-0.4, -0.2) is 38.0 Å². The second-order valence-corrected chi connectivity index (χ2v) is 7.13. The molecule has 0 saturated heterocycles. The number of amides is 2. The van der Waals surface area contributed by atoms with Gasteiger partial charge in [-0.2, -0.15) is 0 Å². The standard InChI is InChI=1S/C18H22Cl2N2O4/c1-26-18(25)13-5-3-2-4-11(13)9-21-16(23)10-22-17(24)14-7-6-12(19)8-15(14)20/h6-8,11,13H,2-5,9-10H2,1H3,(H,21,23)(H,22,24). The Labute approximate surface area is 162 Å². The number of esters is 1. The highest BCUT2D eigenvalue weighted by molar-refractivity contribution is 6.36. The van der Waals surface area contributed by atoms with E-state index in [1.165, 1.54) is 19.2 Å². The molecule has 2 rings (SSSR count). The van der Waals surface area contributed by atoms with E-state index < -0.39 is 5.91 Å². The minimum Gasteiger partial charge on any atom is -0.469 e. The molecule has 1 fully saturated rings. The van der Waals surface area contributed by atoms with Crippen molar-refractivity contribution in [2.24, 2.45) is 11.8 Å². The van der Waals surface area contributed by atoms with Gasteiger partial charge >= 0.3 is 5.97 Å². The fraction of sp³-hybridized carbons (Fsp3) is 0.500. The molecule has 1 aliphatic carbocycles. The number of rotatable bonds is 6. The van der Waals surface area contributed by atoms with Gasteiger partial charge in [0, 0.05) is 11.6 Å². The highest BCUT2D eigenvalue weighted by Gasteiger charge is 2.31. The summed E-state index contributed by atoms with van der Waals surface area (Å²) in [4.78, 5) is 35.9. The van der Waals surface area contributed by atoms with E-state index in [0.29, 0.717) is 11.6 Å². The minimum atomic E-state index is -0.452. The molecule has 2 atom stereocenters. The molecule has 8 heteroatoms. The van der Waals surface area contributed by atoms with Crippen LogP contribution in [-0.2, 0) is 14.3 Å². The lowest BCUT2D eigenvalue weighted by molar-refractivity contribution is -0.148. The maximum absolute atomic E-state index is 12.1. The van der Waals surface area contributed by atoms with Crippen molar-refractivity contribution in [3.8, 4) is 0 Å². The zero-order valence-corrected chi connectivity index (χ0v) is 16.0. The summed E-state index contributed by atoms with van der Waals surface area (Å²) in [7, 11) is 1.38. The summed E-state index contributed by atoms with van der Waals surface area (Å²) in [5, 5.41) is 5.95. The number of hydrogen-bond acceptors (Lipinski definition) is 4. The van der Waals surface area contributed by atoms with Crippen molar-refractivity contribution in [3.63, 3.8) is 0 Å². The third kappa shape index (κ3) is 5.61. The minimum absolute atomic E-state index is 0.0570. The Morgan fingerprint density at radius 3 is 2.58 bits per heavy atom. The number of carbonyl (C=O) groups excluding carboxylic acids is 3. The molecule has 2 N–H and O–H groups in total. The summed E-state index contributed by atoms with van der Waals surface area (Å²) in [6.07, 6.45) is 3.66. The van der Waals surface area contributed by atoms with Crippen LogP contribution in [0.5, 0.6) is 0 Å². The summed E-state index contributed by atoms with van der Waals surface area (Å²) >= 11 is 11.8. The third-order valence-corrected chi connectivity index (χ3v) is 5.11. The Hall–Kier alpha value is -1.79. The molecule has 0 bridgehead atoms. The van der Waals surface area contributed by atoms with Crippen LogP contribution in [0.25, 0.3) is 0 Å². The molecule has 142 valence electrons. The van der Waals surface area contributed by atoms with Gasteiger partial charge in [0.15, 0.2) is 0 Å². The average molecular weight is 401 g/mol. The van der Waals surface area contributed by atoms with E-state index in [4.69, 9.17) is 27.9 Å². The van der Waals surface area contributed by atoms with Gasteiger partial charge in [-0.1, -0.05) is 36.0 Å². The van der Waals surface area contributed by atoms with Crippen molar-refractivity contribution >= 4 is 41.0 Å². The van der Waals surface area contributed by atoms with Gasteiger partial charge in [-0.25, -0.2) is 0 Å². The van der Waals surface area contributed by atoms with Crippen LogP contribution < -0.4 is 10.6 Å². The second-order valence-electron chi connectivity index (χ2n) is 6.29. The summed E-state index contributed by atoms with van der Waals surface area (Å²) < 4.78 is 4.84. The van der Waals surface area contributed by atoms with Crippen molar-refractivity contribution in [2.75, 3.05) is 20.2 Å². The lowest BCUT2D eigenvalue weighted by Crippen LogP contribution is -2.42. The lowest BCUT2D eigenvalue weighted by Gasteiger charge is -2.29. The van der Waals surface area contributed by atoms with Gasteiger partial charge in [-0.15, -0.1) is 0 Å². The van der Waals surface area contributed by atoms with Crippen LogP contribution >= 0.6 is 23.2 Å². The Kier molecular flexibility index (Phi) is 7.72. The Bertz CT molecular complexity index is 681. The number of benzene rings is 1. The summed E-state index contributed by atoms with van der Waals surface area (Å²) in [6.45, 7) is 0.212. The molecule has 0 aliphatic heterocycles. The smallest absolute Gasteiger partial charge is 0.309 e. The first-order chi connectivity index (χ1) is 12.4. The molecule has 26 heavy (non-hydrogen) atoms. The highest BCUT2D eigenvalue weighted by atomic mass is 35.5. The Balaban J connectivity index is 1.81. The van der Waals surface area contributed by atoms with Gasteiger partial charge in [-0.3, -0.25) is 14.4 Å². The van der Waals surface area contributed by atoms with Crippen LogP contribution in [0.4, 0.5) is 0 Å². The molecule has 2 unspecified atom stereocenters. The second kappa shape index (κ2) is 9.78. The maximum Gasteiger partial charge on any atom is 0.309 e. The zero-order valence-electron chi connectivity index (χ0n) is 14.5. The van der Waals surface area contributed by atoms with Crippen LogP contribution in [0.15, 0.2) is 18.2 Å². The topological polar surface area (TPSA) is 84.5 Å². The number of nitrogens with one attached hydrogen (secondary N) is 2. The summed E-state index contributed by atoms with van der Waals surface area (Å²) in [5.74, 6) is -1.13. The first kappa shape index (κ1) is 20.5. The predicted molar refractivity (Wildman–Crippen MR) is 99.3 cm³/mol. The molecular weight excluding hydrogens is 379 g/mol. The van der Waals surface area contributed by atoms with Crippen molar-refractivity contribution in [2.45, 2.75) is 25.7 Å². The van der Waals surface area contributed by atoms with E-state index in [-0.39, 0.29) is 40.8 Å². The van der Waals surface area contributed by atoms with E-state index in [2.05, 4.69) is 10.6 Å². The van der Waals surface area contributed by atoms with Crippen molar-refractivity contribution in [1.29, 1.82) is 0 Å². The quantitative estimate of drug-likeness (QED) is 0.718. The number of carbonyl (C=O) groups is 3.